The second-order valence-corrected chi connectivity index (χ2v) is 4.02. The van der Waals surface area contributed by atoms with Crippen LogP contribution in [0.4, 0.5) is 0 Å². The summed E-state index contributed by atoms with van der Waals surface area (Å²) in [5.74, 6) is 0.894. The van der Waals surface area contributed by atoms with Crippen molar-refractivity contribution >= 4 is 5.57 Å². The molecule has 0 aromatic heterocycles. The summed E-state index contributed by atoms with van der Waals surface area (Å²) in [6.07, 6.45) is 5.36. The summed E-state index contributed by atoms with van der Waals surface area (Å²) in [7, 11) is 1.68. The molecule has 1 aromatic rings. The minimum Gasteiger partial charge on any atom is -0.497 e. The summed E-state index contributed by atoms with van der Waals surface area (Å²) in [4.78, 5) is 0. The monoisotopic (exact) mass is 212 g/mol. The second kappa shape index (κ2) is 4.40. The number of methoxy groups -OCH3 is 1. The number of benzene rings is 1. The van der Waals surface area contributed by atoms with Crippen molar-refractivity contribution in [2.24, 2.45) is 0 Å². The first-order chi connectivity index (χ1) is 7.70. The third kappa shape index (κ3) is 2.08. The average Bonchev–Trinajstić information content (AvgIpc) is 2.33. The first kappa shape index (κ1) is 10.7. The molecule has 1 aliphatic rings. The van der Waals surface area contributed by atoms with Crippen LogP contribution < -0.4 is 4.74 Å². The number of ether oxygens (including phenoxy) is 1. The predicted octanol–water partition coefficient (Wildman–Crippen LogP) is 3.98. The minimum atomic E-state index is 0.894. The van der Waals surface area contributed by atoms with Gasteiger partial charge in [0.2, 0.25) is 0 Å². The largest absolute Gasteiger partial charge is 0.497 e. The molecule has 0 radical (unpaired) electrons. The van der Waals surface area contributed by atoms with Crippen LogP contribution in [0.2, 0.25) is 0 Å². The van der Waals surface area contributed by atoms with Crippen LogP contribution in [0.25, 0.3) is 5.57 Å². The number of hydrogen-bond acceptors (Lipinski definition) is 1. The maximum Gasteiger partial charge on any atom is 0.118 e. The highest BCUT2D eigenvalue weighted by molar-refractivity contribution is 5.77. The van der Waals surface area contributed by atoms with Gasteiger partial charge in [-0.3, -0.25) is 0 Å². The summed E-state index contributed by atoms with van der Waals surface area (Å²) in [6.45, 7) is 6.13. The Labute approximate surface area is 96.8 Å². The number of rotatable bonds is 2. The second-order valence-electron chi connectivity index (χ2n) is 4.02. The molecule has 0 amide bonds. The van der Waals surface area contributed by atoms with Gasteiger partial charge in [0.15, 0.2) is 0 Å². The van der Waals surface area contributed by atoms with Crippen LogP contribution >= 0.6 is 0 Å². The molecule has 1 heteroatoms. The molecule has 16 heavy (non-hydrogen) atoms. The Morgan fingerprint density at radius 2 is 1.88 bits per heavy atom. The van der Waals surface area contributed by atoms with Gasteiger partial charge < -0.3 is 4.74 Å². The third-order valence-corrected chi connectivity index (χ3v) is 2.92. The number of hydrogen-bond donors (Lipinski definition) is 0. The van der Waals surface area contributed by atoms with Gasteiger partial charge in [0, 0.05) is 0 Å². The molecule has 0 heterocycles. The smallest absolute Gasteiger partial charge is 0.118 e. The lowest BCUT2D eigenvalue weighted by Gasteiger charge is -2.13. The van der Waals surface area contributed by atoms with Gasteiger partial charge in [-0.05, 0) is 47.8 Å². The third-order valence-electron chi connectivity index (χ3n) is 2.92. The number of allylic oxidation sites excluding steroid dienone is 5. The summed E-state index contributed by atoms with van der Waals surface area (Å²) in [5.41, 5.74) is 4.98. The van der Waals surface area contributed by atoms with Crippen molar-refractivity contribution in [1.29, 1.82) is 0 Å². The highest BCUT2D eigenvalue weighted by Crippen LogP contribution is 2.28. The fourth-order valence-electron chi connectivity index (χ4n) is 1.77. The summed E-state index contributed by atoms with van der Waals surface area (Å²) in [5, 5.41) is 0. The van der Waals surface area contributed by atoms with Crippen LogP contribution in [0.3, 0.4) is 0 Å². The lowest BCUT2D eigenvalue weighted by Crippen LogP contribution is -1.92. The average molecular weight is 212 g/mol. The molecule has 0 fully saturated rings. The van der Waals surface area contributed by atoms with Crippen LogP contribution in [0.15, 0.2) is 54.1 Å². The first-order valence-corrected chi connectivity index (χ1v) is 5.42. The van der Waals surface area contributed by atoms with Gasteiger partial charge in [-0.1, -0.05) is 30.9 Å². The van der Waals surface area contributed by atoms with Crippen LogP contribution in [0.5, 0.6) is 5.75 Å². The zero-order valence-electron chi connectivity index (χ0n) is 9.79. The van der Waals surface area contributed by atoms with E-state index in [1.165, 1.54) is 22.3 Å². The van der Waals surface area contributed by atoms with Gasteiger partial charge in [-0.15, -0.1) is 0 Å². The van der Waals surface area contributed by atoms with Gasteiger partial charge in [0.05, 0.1) is 7.11 Å². The molecule has 0 atom stereocenters. The van der Waals surface area contributed by atoms with Crippen molar-refractivity contribution in [3.05, 3.63) is 59.7 Å². The molecule has 0 saturated carbocycles. The lowest BCUT2D eigenvalue weighted by atomic mass is 9.92. The van der Waals surface area contributed by atoms with E-state index in [2.05, 4.69) is 37.8 Å². The Balaban J connectivity index is 2.28. The zero-order valence-corrected chi connectivity index (χ0v) is 9.79. The lowest BCUT2D eigenvalue weighted by molar-refractivity contribution is 0.415. The highest BCUT2D eigenvalue weighted by atomic mass is 16.5. The Kier molecular flexibility index (Phi) is 2.95. The van der Waals surface area contributed by atoms with E-state index in [1.54, 1.807) is 7.11 Å². The Morgan fingerprint density at radius 3 is 2.44 bits per heavy atom. The van der Waals surface area contributed by atoms with Crippen LogP contribution in [0.1, 0.15) is 18.9 Å². The van der Waals surface area contributed by atoms with E-state index >= 15 is 0 Å². The molecule has 0 unspecified atom stereocenters. The van der Waals surface area contributed by atoms with Crippen molar-refractivity contribution < 1.29 is 4.74 Å². The molecule has 1 aromatic carbocycles. The van der Waals surface area contributed by atoms with Crippen molar-refractivity contribution in [3.63, 3.8) is 0 Å². The van der Waals surface area contributed by atoms with Crippen molar-refractivity contribution in [3.8, 4) is 5.75 Å². The molecular formula is C15H16O. The summed E-state index contributed by atoms with van der Waals surface area (Å²) < 4.78 is 5.15. The summed E-state index contributed by atoms with van der Waals surface area (Å²) in [6, 6.07) is 8.15. The zero-order chi connectivity index (χ0) is 11.5. The fraction of sp³-hybridized carbons (Fsp3) is 0.200. The molecule has 0 N–H and O–H groups in total. The molecule has 1 aliphatic carbocycles. The molecule has 82 valence electrons. The van der Waals surface area contributed by atoms with E-state index in [0.29, 0.717) is 0 Å². The van der Waals surface area contributed by atoms with Crippen LogP contribution in [0, 0.1) is 0 Å². The summed E-state index contributed by atoms with van der Waals surface area (Å²) >= 11 is 0. The molecular weight excluding hydrogens is 196 g/mol. The van der Waals surface area contributed by atoms with E-state index in [-0.39, 0.29) is 0 Å². The molecule has 0 bridgehead atoms. The van der Waals surface area contributed by atoms with Gasteiger partial charge in [-0.25, -0.2) is 0 Å². The maximum atomic E-state index is 5.15. The Morgan fingerprint density at radius 1 is 1.19 bits per heavy atom. The van der Waals surface area contributed by atoms with Crippen LogP contribution in [-0.4, -0.2) is 7.11 Å². The topological polar surface area (TPSA) is 9.23 Å². The molecule has 0 spiro atoms. The Hall–Kier alpha value is -1.76. The quantitative estimate of drug-likeness (QED) is 0.720. The molecule has 0 aliphatic heterocycles. The molecule has 0 saturated heterocycles. The SMILES string of the molecule is C=C1CC=C(c2ccc(OC)cc2)C=C1C. The molecule has 1 nitrogen and oxygen atoms in total. The molecule has 2 rings (SSSR count). The van der Waals surface area contributed by atoms with E-state index < -0.39 is 0 Å². The van der Waals surface area contributed by atoms with E-state index in [1.807, 2.05) is 12.1 Å². The van der Waals surface area contributed by atoms with E-state index in [9.17, 15) is 0 Å². The van der Waals surface area contributed by atoms with Gasteiger partial charge in [0.1, 0.15) is 5.75 Å². The van der Waals surface area contributed by atoms with Crippen molar-refractivity contribution in [2.45, 2.75) is 13.3 Å². The van der Waals surface area contributed by atoms with E-state index in [4.69, 9.17) is 4.74 Å². The highest BCUT2D eigenvalue weighted by Gasteiger charge is 2.07. The van der Waals surface area contributed by atoms with Crippen LogP contribution in [-0.2, 0) is 0 Å². The predicted molar refractivity (Wildman–Crippen MR) is 68.5 cm³/mol. The van der Waals surface area contributed by atoms with Crippen molar-refractivity contribution in [1.82, 2.24) is 0 Å². The maximum absolute atomic E-state index is 5.15. The van der Waals surface area contributed by atoms with Gasteiger partial charge in [-0.2, -0.15) is 0 Å². The standard InChI is InChI=1S/C15H16O/c1-11-4-5-14(10-12(11)2)13-6-8-15(16-3)9-7-13/h5-10H,1,4H2,2-3H3. The van der Waals surface area contributed by atoms with Gasteiger partial charge >= 0.3 is 0 Å². The Bertz CT molecular complexity index is 461. The van der Waals surface area contributed by atoms with Gasteiger partial charge in [0.25, 0.3) is 0 Å². The first-order valence-electron chi connectivity index (χ1n) is 5.42. The fourth-order valence-corrected chi connectivity index (χ4v) is 1.77. The van der Waals surface area contributed by atoms with E-state index in [0.717, 1.165) is 12.2 Å². The van der Waals surface area contributed by atoms with Crippen molar-refractivity contribution in [2.75, 3.05) is 7.11 Å². The normalized spacial score (nSPS) is 15.5. The minimum absolute atomic E-state index is 0.894.